The molecule has 6 heteroatoms. The van der Waals surface area contributed by atoms with Crippen molar-refractivity contribution in [2.75, 3.05) is 13.2 Å². The maximum absolute atomic E-state index is 12.9. The molecule has 0 radical (unpaired) electrons. The SMILES string of the molecule is CCOP(=O)(OCC)C(=O)c1cc(C(C)(C)C)c(O)c(C(C)(C)C)c1. The highest BCUT2D eigenvalue weighted by Crippen LogP contribution is 2.52. The molecule has 0 unspecified atom stereocenters. The van der Waals surface area contributed by atoms with Crippen molar-refractivity contribution in [1.82, 2.24) is 0 Å². The molecule has 0 atom stereocenters. The molecule has 0 saturated heterocycles. The summed E-state index contributed by atoms with van der Waals surface area (Å²) in [6.45, 7) is 15.3. The van der Waals surface area contributed by atoms with Crippen molar-refractivity contribution in [3.63, 3.8) is 0 Å². The average Bonchev–Trinajstić information content (AvgIpc) is 2.44. The van der Waals surface area contributed by atoms with Gasteiger partial charge in [-0.3, -0.25) is 9.36 Å². The molecule has 1 aromatic carbocycles. The number of hydrogen-bond donors (Lipinski definition) is 1. The van der Waals surface area contributed by atoms with Gasteiger partial charge in [0.2, 0.25) is 0 Å². The second kappa shape index (κ2) is 7.61. The Labute approximate surface area is 151 Å². The molecule has 0 aliphatic heterocycles. The van der Waals surface area contributed by atoms with E-state index < -0.39 is 13.1 Å². The van der Waals surface area contributed by atoms with Crippen LogP contribution in [0.15, 0.2) is 12.1 Å². The minimum atomic E-state index is -3.91. The fourth-order valence-corrected chi connectivity index (χ4v) is 3.99. The van der Waals surface area contributed by atoms with Gasteiger partial charge >= 0.3 is 7.60 Å². The quantitative estimate of drug-likeness (QED) is 0.679. The summed E-state index contributed by atoms with van der Waals surface area (Å²) >= 11 is 0. The first-order valence-electron chi connectivity index (χ1n) is 8.60. The van der Waals surface area contributed by atoms with Crippen molar-refractivity contribution >= 4 is 13.1 Å². The van der Waals surface area contributed by atoms with E-state index in [1.165, 1.54) is 0 Å². The van der Waals surface area contributed by atoms with Gasteiger partial charge in [0.1, 0.15) is 5.75 Å². The van der Waals surface area contributed by atoms with E-state index in [4.69, 9.17) is 9.05 Å². The standard InChI is InChI=1S/C19H31O5P/c1-9-23-25(22,24-10-2)17(21)13-11-14(18(3,4)5)16(20)15(12-13)19(6,7)8/h11-12,20H,9-10H2,1-8H3. The van der Waals surface area contributed by atoms with E-state index in [2.05, 4.69) is 0 Å². The lowest BCUT2D eigenvalue weighted by molar-refractivity contribution is 0.100. The lowest BCUT2D eigenvalue weighted by Crippen LogP contribution is -2.19. The van der Waals surface area contributed by atoms with Crippen molar-refractivity contribution in [3.05, 3.63) is 28.8 Å². The van der Waals surface area contributed by atoms with Crippen LogP contribution >= 0.6 is 7.60 Å². The molecule has 0 aliphatic carbocycles. The third-order valence-electron chi connectivity index (χ3n) is 3.82. The molecule has 0 bridgehead atoms. The van der Waals surface area contributed by atoms with Crippen LogP contribution in [0.1, 0.15) is 76.9 Å². The summed E-state index contributed by atoms with van der Waals surface area (Å²) < 4.78 is 23.2. The van der Waals surface area contributed by atoms with Crippen molar-refractivity contribution in [2.24, 2.45) is 0 Å². The van der Waals surface area contributed by atoms with E-state index in [1.54, 1.807) is 26.0 Å². The van der Waals surface area contributed by atoms with Crippen LogP contribution in [0.4, 0.5) is 0 Å². The first-order valence-corrected chi connectivity index (χ1v) is 10.1. The van der Waals surface area contributed by atoms with Gasteiger partial charge in [0.05, 0.1) is 13.2 Å². The number of hydrogen-bond acceptors (Lipinski definition) is 5. The highest BCUT2D eigenvalue weighted by molar-refractivity contribution is 7.72. The zero-order valence-electron chi connectivity index (χ0n) is 16.6. The molecular weight excluding hydrogens is 339 g/mol. The Kier molecular flexibility index (Phi) is 6.66. The third-order valence-corrected chi connectivity index (χ3v) is 5.77. The zero-order valence-corrected chi connectivity index (χ0v) is 17.5. The predicted octanol–water partition coefficient (Wildman–Crippen LogP) is 5.39. The molecule has 1 rings (SSSR count). The summed E-state index contributed by atoms with van der Waals surface area (Å²) in [6.07, 6.45) is 0. The van der Waals surface area contributed by atoms with E-state index in [0.29, 0.717) is 11.1 Å². The molecule has 0 saturated carbocycles. The van der Waals surface area contributed by atoms with E-state index in [-0.39, 0.29) is 35.4 Å². The van der Waals surface area contributed by atoms with Crippen LogP contribution in [0.25, 0.3) is 0 Å². The van der Waals surface area contributed by atoms with Crippen molar-refractivity contribution < 1.29 is 23.5 Å². The Morgan fingerprint density at radius 1 is 0.960 bits per heavy atom. The van der Waals surface area contributed by atoms with Crippen LogP contribution in [0.5, 0.6) is 5.75 Å². The number of benzene rings is 1. The molecule has 0 spiro atoms. The Balaban J connectivity index is 3.65. The van der Waals surface area contributed by atoms with Crippen LogP contribution in [0, 0.1) is 0 Å². The number of aromatic hydroxyl groups is 1. The lowest BCUT2D eigenvalue weighted by Gasteiger charge is -2.28. The van der Waals surface area contributed by atoms with E-state index in [1.807, 2.05) is 41.5 Å². The number of carbonyl (C=O) groups excluding carboxylic acids is 1. The van der Waals surface area contributed by atoms with Gasteiger partial charge in [-0.2, -0.15) is 0 Å². The van der Waals surface area contributed by atoms with Crippen molar-refractivity contribution in [3.8, 4) is 5.75 Å². The summed E-state index contributed by atoms with van der Waals surface area (Å²) in [5.74, 6) is 0.166. The van der Waals surface area contributed by atoms with Gasteiger partial charge in [-0.1, -0.05) is 41.5 Å². The fourth-order valence-electron chi connectivity index (χ4n) is 2.55. The molecule has 142 valence electrons. The summed E-state index contributed by atoms with van der Waals surface area (Å²) in [4.78, 5) is 12.9. The Morgan fingerprint density at radius 3 is 1.60 bits per heavy atom. The number of carbonyl (C=O) groups is 1. The lowest BCUT2D eigenvalue weighted by atomic mass is 9.78. The monoisotopic (exact) mass is 370 g/mol. The van der Waals surface area contributed by atoms with Gasteiger partial charge < -0.3 is 14.2 Å². The summed E-state index contributed by atoms with van der Waals surface area (Å²) in [5, 5.41) is 10.7. The summed E-state index contributed by atoms with van der Waals surface area (Å²) in [6, 6.07) is 3.19. The molecule has 0 aliphatic rings. The normalized spacial score (nSPS) is 13.1. The highest BCUT2D eigenvalue weighted by Gasteiger charge is 2.37. The van der Waals surface area contributed by atoms with Crippen LogP contribution in [0.2, 0.25) is 0 Å². The van der Waals surface area contributed by atoms with Crippen LogP contribution in [-0.4, -0.2) is 23.8 Å². The Hall–Kier alpha value is -1.16. The second-order valence-corrected chi connectivity index (χ2v) is 9.98. The Bertz CT molecular complexity index is 635. The van der Waals surface area contributed by atoms with Crippen LogP contribution in [0.3, 0.4) is 0 Å². The van der Waals surface area contributed by atoms with E-state index in [9.17, 15) is 14.5 Å². The molecule has 5 nitrogen and oxygen atoms in total. The predicted molar refractivity (Wildman–Crippen MR) is 101 cm³/mol. The van der Waals surface area contributed by atoms with Gasteiger partial charge in [-0.25, -0.2) is 0 Å². The van der Waals surface area contributed by atoms with Crippen LogP contribution < -0.4 is 0 Å². The fraction of sp³-hybridized carbons (Fsp3) is 0.632. The molecular formula is C19H31O5P. The maximum Gasteiger partial charge on any atom is 0.401 e. The molecule has 25 heavy (non-hydrogen) atoms. The molecule has 1 aromatic rings. The van der Waals surface area contributed by atoms with E-state index in [0.717, 1.165) is 0 Å². The topological polar surface area (TPSA) is 72.8 Å². The van der Waals surface area contributed by atoms with Crippen LogP contribution in [-0.2, 0) is 24.4 Å². The molecule has 0 aromatic heterocycles. The van der Waals surface area contributed by atoms with Gasteiger partial charge in [0.15, 0.2) is 0 Å². The summed E-state index contributed by atoms with van der Waals surface area (Å²) in [5.41, 5.74) is 0.0409. The number of phenols is 1. The minimum Gasteiger partial charge on any atom is -0.507 e. The molecule has 1 N–H and O–H groups in total. The van der Waals surface area contributed by atoms with E-state index >= 15 is 0 Å². The Morgan fingerprint density at radius 2 is 1.32 bits per heavy atom. The van der Waals surface area contributed by atoms with Gasteiger partial charge in [-0.15, -0.1) is 0 Å². The highest BCUT2D eigenvalue weighted by atomic mass is 31.2. The van der Waals surface area contributed by atoms with Crippen molar-refractivity contribution in [2.45, 2.75) is 66.2 Å². The van der Waals surface area contributed by atoms with Gasteiger partial charge in [-0.05, 0) is 36.8 Å². The first-order chi connectivity index (χ1) is 11.3. The minimum absolute atomic E-state index is 0.110. The molecule has 0 heterocycles. The average molecular weight is 370 g/mol. The molecule has 0 amide bonds. The second-order valence-electron chi connectivity index (χ2n) is 8.06. The largest absolute Gasteiger partial charge is 0.507 e. The maximum atomic E-state index is 12.9. The summed E-state index contributed by atoms with van der Waals surface area (Å²) in [7, 11) is -3.91. The number of rotatable bonds is 6. The smallest absolute Gasteiger partial charge is 0.401 e. The zero-order chi connectivity index (χ0) is 19.6. The van der Waals surface area contributed by atoms with Crippen molar-refractivity contribution in [1.29, 1.82) is 0 Å². The van der Waals surface area contributed by atoms with Gasteiger partial charge in [0.25, 0.3) is 5.52 Å². The molecule has 0 fully saturated rings. The first kappa shape index (κ1) is 21.9. The van der Waals surface area contributed by atoms with Gasteiger partial charge in [0, 0.05) is 16.7 Å². The number of phenolic OH excluding ortho intramolecular Hbond substituents is 1. The third kappa shape index (κ3) is 4.93.